The molecule has 0 heterocycles. The van der Waals surface area contributed by atoms with Gasteiger partial charge in [0, 0.05) is 6.04 Å². The molecule has 19 heavy (non-hydrogen) atoms. The molecule has 0 aliphatic heterocycles. The van der Waals surface area contributed by atoms with Crippen LogP contribution >= 0.6 is 0 Å². The predicted molar refractivity (Wildman–Crippen MR) is 81.0 cm³/mol. The average molecular weight is 261 g/mol. The van der Waals surface area contributed by atoms with Gasteiger partial charge in [-0.25, -0.2) is 0 Å². The van der Waals surface area contributed by atoms with E-state index in [2.05, 4.69) is 51.2 Å². The van der Waals surface area contributed by atoms with Gasteiger partial charge >= 0.3 is 0 Å². The first-order chi connectivity index (χ1) is 9.06. The highest BCUT2D eigenvalue weighted by Crippen LogP contribution is 2.56. The summed E-state index contributed by atoms with van der Waals surface area (Å²) in [4.78, 5) is 0. The summed E-state index contributed by atoms with van der Waals surface area (Å²) in [5.41, 5.74) is 3.05. The van der Waals surface area contributed by atoms with Crippen molar-refractivity contribution < 1.29 is 4.74 Å². The van der Waals surface area contributed by atoms with Gasteiger partial charge in [0.05, 0.1) is 7.11 Å². The monoisotopic (exact) mass is 261 g/mol. The van der Waals surface area contributed by atoms with Gasteiger partial charge in [-0.1, -0.05) is 38.5 Å². The zero-order valence-electron chi connectivity index (χ0n) is 12.9. The molecule has 106 valence electrons. The Morgan fingerprint density at radius 1 is 1.37 bits per heavy atom. The quantitative estimate of drug-likeness (QED) is 0.868. The van der Waals surface area contributed by atoms with Gasteiger partial charge in [0.25, 0.3) is 0 Å². The largest absolute Gasteiger partial charge is 0.496 e. The Hall–Kier alpha value is -1.02. The first-order valence-corrected chi connectivity index (χ1v) is 7.44. The van der Waals surface area contributed by atoms with Gasteiger partial charge in [-0.3, -0.25) is 0 Å². The fraction of sp³-hybridized carbons (Fsp3) is 0.647. The summed E-state index contributed by atoms with van der Waals surface area (Å²) in [5, 5.41) is 3.63. The van der Waals surface area contributed by atoms with Gasteiger partial charge in [-0.15, -0.1) is 0 Å². The summed E-state index contributed by atoms with van der Waals surface area (Å²) in [6.07, 6.45) is 2.42. The number of benzene rings is 1. The number of aryl methyl sites for hydroxylation is 1. The summed E-state index contributed by atoms with van der Waals surface area (Å²) in [6, 6.07) is 7.19. The molecule has 0 radical (unpaired) electrons. The highest BCUT2D eigenvalue weighted by Gasteiger charge is 2.51. The SMILES string of the molecule is CCNC1CC(c2cc(C)ccc2OC)C1(C)CC. The molecule has 1 aliphatic rings. The third kappa shape index (κ3) is 2.38. The topological polar surface area (TPSA) is 21.3 Å². The minimum absolute atomic E-state index is 0.344. The second-order valence-electron chi connectivity index (χ2n) is 6.00. The standard InChI is InChI=1S/C17H27NO/c1-6-17(4)14(11-16(17)18-7-2)13-10-12(3)8-9-15(13)19-5/h8-10,14,16,18H,6-7,11H2,1-5H3. The van der Waals surface area contributed by atoms with Crippen LogP contribution in [-0.4, -0.2) is 19.7 Å². The molecule has 1 N–H and O–H groups in total. The Morgan fingerprint density at radius 2 is 2.11 bits per heavy atom. The van der Waals surface area contributed by atoms with Crippen LogP contribution in [0, 0.1) is 12.3 Å². The van der Waals surface area contributed by atoms with Crippen LogP contribution in [0.5, 0.6) is 5.75 Å². The van der Waals surface area contributed by atoms with E-state index in [-0.39, 0.29) is 0 Å². The van der Waals surface area contributed by atoms with Crippen molar-refractivity contribution in [2.75, 3.05) is 13.7 Å². The van der Waals surface area contributed by atoms with Crippen LogP contribution in [-0.2, 0) is 0 Å². The number of ether oxygens (including phenoxy) is 1. The molecule has 1 aromatic carbocycles. The predicted octanol–water partition coefficient (Wildman–Crippen LogP) is 3.89. The lowest BCUT2D eigenvalue weighted by Gasteiger charge is -2.55. The summed E-state index contributed by atoms with van der Waals surface area (Å²) in [5.74, 6) is 1.65. The van der Waals surface area contributed by atoms with Gasteiger partial charge in [0.1, 0.15) is 5.75 Å². The van der Waals surface area contributed by atoms with Crippen molar-refractivity contribution in [2.24, 2.45) is 5.41 Å². The van der Waals surface area contributed by atoms with E-state index in [0.717, 1.165) is 12.3 Å². The van der Waals surface area contributed by atoms with E-state index in [1.54, 1.807) is 7.11 Å². The smallest absolute Gasteiger partial charge is 0.122 e. The van der Waals surface area contributed by atoms with Gasteiger partial charge in [0.2, 0.25) is 0 Å². The van der Waals surface area contributed by atoms with E-state index >= 15 is 0 Å². The molecule has 3 unspecified atom stereocenters. The van der Waals surface area contributed by atoms with Crippen LogP contribution in [0.1, 0.15) is 50.7 Å². The van der Waals surface area contributed by atoms with Crippen molar-refractivity contribution in [3.05, 3.63) is 29.3 Å². The molecule has 1 aromatic rings. The van der Waals surface area contributed by atoms with Crippen LogP contribution in [0.15, 0.2) is 18.2 Å². The second kappa shape index (κ2) is 5.54. The average Bonchev–Trinajstić information content (AvgIpc) is 2.42. The first kappa shape index (κ1) is 14.4. The first-order valence-electron chi connectivity index (χ1n) is 7.44. The molecule has 1 saturated carbocycles. The fourth-order valence-corrected chi connectivity index (χ4v) is 3.52. The van der Waals surface area contributed by atoms with Gasteiger partial charge in [-0.2, -0.15) is 0 Å². The van der Waals surface area contributed by atoms with E-state index in [9.17, 15) is 0 Å². The molecule has 2 rings (SSSR count). The molecule has 0 amide bonds. The lowest BCUT2D eigenvalue weighted by molar-refractivity contribution is 0.0441. The summed E-state index contributed by atoms with van der Waals surface area (Å²) >= 11 is 0. The Bertz CT molecular complexity index is 443. The van der Waals surface area contributed by atoms with Crippen molar-refractivity contribution in [1.82, 2.24) is 5.32 Å². The summed E-state index contributed by atoms with van der Waals surface area (Å²) < 4.78 is 5.57. The van der Waals surface area contributed by atoms with Crippen LogP contribution in [0.25, 0.3) is 0 Å². The van der Waals surface area contributed by atoms with E-state index in [1.165, 1.54) is 24.0 Å². The molecule has 1 aliphatic carbocycles. The Balaban J connectivity index is 2.30. The maximum atomic E-state index is 5.57. The molecule has 3 atom stereocenters. The minimum atomic E-state index is 0.344. The van der Waals surface area contributed by atoms with Crippen LogP contribution in [0.3, 0.4) is 0 Å². The Labute approximate surface area is 117 Å². The number of hydrogen-bond donors (Lipinski definition) is 1. The zero-order chi connectivity index (χ0) is 14.0. The van der Waals surface area contributed by atoms with Crippen molar-refractivity contribution in [3.63, 3.8) is 0 Å². The maximum Gasteiger partial charge on any atom is 0.122 e. The highest BCUT2D eigenvalue weighted by molar-refractivity contribution is 5.42. The van der Waals surface area contributed by atoms with E-state index in [1.807, 2.05) is 0 Å². The summed E-state index contributed by atoms with van der Waals surface area (Å²) in [6.45, 7) is 10.1. The molecule has 0 bridgehead atoms. The Kier molecular flexibility index (Phi) is 4.19. The van der Waals surface area contributed by atoms with E-state index in [0.29, 0.717) is 17.4 Å². The molecular formula is C17H27NO. The third-order valence-corrected chi connectivity index (χ3v) is 5.04. The van der Waals surface area contributed by atoms with Crippen molar-refractivity contribution in [1.29, 1.82) is 0 Å². The molecular weight excluding hydrogens is 234 g/mol. The van der Waals surface area contributed by atoms with Crippen molar-refractivity contribution in [3.8, 4) is 5.75 Å². The number of nitrogens with one attached hydrogen (secondary N) is 1. The molecule has 2 heteroatoms. The lowest BCUT2D eigenvalue weighted by atomic mass is 9.54. The number of rotatable bonds is 5. The van der Waals surface area contributed by atoms with Crippen molar-refractivity contribution in [2.45, 2.75) is 52.5 Å². The van der Waals surface area contributed by atoms with Crippen LogP contribution in [0.2, 0.25) is 0 Å². The Morgan fingerprint density at radius 3 is 2.68 bits per heavy atom. The summed E-state index contributed by atoms with van der Waals surface area (Å²) in [7, 11) is 1.78. The normalized spacial score (nSPS) is 29.9. The number of methoxy groups -OCH3 is 1. The van der Waals surface area contributed by atoms with Crippen molar-refractivity contribution >= 4 is 0 Å². The number of hydrogen-bond acceptors (Lipinski definition) is 2. The van der Waals surface area contributed by atoms with E-state index in [4.69, 9.17) is 4.74 Å². The van der Waals surface area contributed by atoms with Crippen LogP contribution < -0.4 is 10.1 Å². The van der Waals surface area contributed by atoms with E-state index < -0.39 is 0 Å². The minimum Gasteiger partial charge on any atom is -0.496 e. The second-order valence-corrected chi connectivity index (χ2v) is 6.00. The molecule has 2 nitrogen and oxygen atoms in total. The maximum absolute atomic E-state index is 5.57. The van der Waals surface area contributed by atoms with Crippen LogP contribution in [0.4, 0.5) is 0 Å². The third-order valence-electron chi connectivity index (χ3n) is 5.04. The zero-order valence-corrected chi connectivity index (χ0v) is 12.9. The molecule has 1 fully saturated rings. The highest BCUT2D eigenvalue weighted by atomic mass is 16.5. The van der Waals surface area contributed by atoms with Gasteiger partial charge in [0.15, 0.2) is 0 Å². The molecule has 0 saturated heterocycles. The lowest BCUT2D eigenvalue weighted by Crippen LogP contribution is -2.56. The van der Waals surface area contributed by atoms with Gasteiger partial charge in [-0.05, 0) is 49.3 Å². The molecule has 0 aromatic heterocycles. The molecule has 0 spiro atoms. The fourth-order valence-electron chi connectivity index (χ4n) is 3.52. The van der Waals surface area contributed by atoms with Gasteiger partial charge < -0.3 is 10.1 Å².